The van der Waals surface area contributed by atoms with Crippen LogP contribution in [0.3, 0.4) is 0 Å². The summed E-state index contributed by atoms with van der Waals surface area (Å²) in [5.41, 5.74) is 4.38. The van der Waals surface area contributed by atoms with Crippen LogP contribution in [-0.4, -0.2) is 44.0 Å². The molecule has 8 nitrogen and oxygen atoms in total. The summed E-state index contributed by atoms with van der Waals surface area (Å²) in [4.78, 5) is 37.1. The van der Waals surface area contributed by atoms with Gasteiger partial charge in [0, 0.05) is 17.7 Å². The number of amides is 2. The summed E-state index contributed by atoms with van der Waals surface area (Å²) in [7, 11) is 0. The highest BCUT2D eigenvalue weighted by molar-refractivity contribution is 6.28. The highest BCUT2D eigenvalue weighted by Gasteiger charge is 2.24. The van der Waals surface area contributed by atoms with E-state index in [1.54, 1.807) is 48.6 Å². The van der Waals surface area contributed by atoms with Crippen LogP contribution in [0.4, 0.5) is 5.69 Å². The van der Waals surface area contributed by atoms with Crippen LogP contribution < -0.4 is 23.8 Å². The molecule has 0 radical (unpaired) electrons. The lowest BCUT2D eigenvalue weighted by atomic mass is 10.1. The summed E-state index contributed by atoms with van der Waals surface area (Å²) in [6, 6.07) is 40.2. The molecule has 0 N–H and O–H groups in total. The fourth-order valence-electron chi connectivity index (χ4n) is 6.34. The maximum absolute atomic E-state index is 12.3. The first-order valence-electron chi connectivity index (χ1n) is 19.8. The lowest BCUT2D eigenvalue weighted by Crippen LogP contribution is -2.29. The number of hydrogen-bond acceptors (Lipinski definition) is 7. The van der Waals surface area contributed by atoms with Gasteiger partial charge in [-0.3, -0.25) is 14.4 Å². The zero-order valence-electron chi connectivity index (χ0n) is 32.2. The maximum Gasteiger partial charge on any atom is 0.258 e. The molecule has 2 amide bonds. The molecule has 0 aliphatic carbocycles. The minimum Gasteiger partial charge on any atom is -0.494 e. The molecular formula is C49H49NO7. The molecular weight excluding hydrogens is 715 g/mol. The molecule has 0 saturated carbocycles. The van der Waals surface area contributed by atoms with Crippen molar-refractivity contribution in [2.75, 3.05) is 31.3 Å². The van der Waals surface area contributed by atoms with Gasteiger partial charge in [-0.05, 0) is 96.3 Å². The van der Waals surface area contributed by atoms with E-state index in [9.17, 15) is 14.4 Å². The van der Waals surface area contributed by atoms with Crippen molar-refractivity contribution in [3.63, 3.8) is 0 Å². The number of benzene rings is 5. The molecule has 1 aliphatic heterocycles. The van der Waals surface area contributed by atoms with Gasteiger partial charge in [0.15, 0.2) is 5.78 Å². The summed E-state index contributed by atoms with van der Waals surface area (Å²) in [6.45, 7) is 2.20. The Morgan fingerprint density at radius 2 is 0.860 bits per heavy atom. The van der Waals surface area contributed by atoms with E-state index in [-0.39, 0.29) is 17.6 Å². The van der Waals surface area contributed by atoms with Gasteiger partial charge in [0.25, 0.3) is 11.8 Å². The minimum atomic E-state index is -0.319. The highest BCUT2D eigenvalue weighted by Crippen LogP contribution is 2.26. The number of rotatable bonds is 23. The Morgan fingerprint density at radius 3 is 1.33 bits per heavy atom. The van der Waals surface area contributed by atoms with Gasteiger partial charge < -0.3 is 18.9 Å². The van der Waals surface area contributed by atoms with Crippen LogP contribution in [0.1, 0.15) is 67.3 Å². The van der Waals surface area contributed by atoms with Gasteiger partial charge in [0.1, 0.15) is 36.2 Å². The van der Waals surface area contributed by atoms with Crippen molar-refractivity contribution in [2.24, 2.45) is 0 Å². The van der Waals surface area contributed by atoms with Crippen LogP contribution in [0.5, 0.6) is 23.0 Å². The fraction of sp³-hybridized carbons (Fsp3) is 0.245. The number of carbonyl (C=O) groups is 3. The van der Waals surface area contributed by atoms with E-state index in [0.29, 0.717) is 31.1 Å². The van der Waals surface area contributed by atoms with E-state index in [0.717, 1.165) is 76.9 Å². The first-order valence-corrected chi connectivity index (χ1v) is 19.8. The summed E-state index contributed by atoms with van der Waals surface area (Å²) < 4.78 is 23.6. The molecule has 8 heteroatoms. The van der Waals surface area contributed by atoms with Gasteiger partial charge in [-0.15, -0.1) is 0 Å². The predicted octanol–water partition coefficient (Wildman–Crippen LogP) is 10.7. The topological polar surface area (TPSA) is 91.4 Å². The van der Waals surface area contributed by atoms with Gasteiger partial charge in [0.2, 0.25) is 0 Å². The van der Waals surface area contributed by atoms with Crippen LogP contribution in [0.15, 0.2) is 146 Å². The third-order valence-corrected chi connectivity index (χ3v) is 9.51. The number of unbranched alkanes of at least 4 members (excludes halogenated alkanes) is 7. The Hall–Kier alpha value is -6.41. The average Bonchev–Trinajstić information content (AvgIpc) is 3.60. The SMILES string of the molecule is O=C(/C=C/c1ccc(OCCOc2ccc(-c3ccc(OCCCCCCCCCCOc4ccc(N5C(=O)C=CC5=O)cc4)cc3)cc2)cc1)c1ccccc1. The summed E-state index contributed by atoms with van der Waals surface area (Å²) in [5.74, 6) is 2.49. The second-order valence-corrected chi connectivity index (χ2v) is 13.7. The first-order chi connectivity index (χ1) is 28.0. The summed E-state index contributed by atoms with van der Waals surface area (Å²) in [6.07, 6.45) is 15.1. The molecule has 0 unspecified atom stereocenters. The van der Waals surface area contributed by atoms with Gasteiger partial charge in [-0.1, -0.05) is 111 Å². The molecule has 1 heterocycles. The van der Waals surface area contributed by atoms with Crippen molar-refractivity contribution >= 4 is 29.4 Å². The second kappa shape index (κ2) is 21.6. The average molecular weight is 764 g/mol. The van der Waals surface area contributed by atoms with Gasteiger partial charge in [-0.25, -0.2) is 4.90 Å². The van der Waals surface area contributed by atoms with Crippen molar-refractivity contribution < 1.29 is 33.3 Å². The Bertz CT molecular complexity index is 2050. The van der Waals surface area contributed by atoms with Gasteiger partial charge >= 0.3 is 0 Å². The molecule has 0 bridgehead atoms. The fourth-order valence-corrected chi connectivity index (χ4v) is 6.34. The molecule has 6 rings (SSSR count). The monoisotopic (exact) mass is 763 g/mol. The van der Waals surface area contributed by atoms with Crippen LogP contribution in [0.2, 0.25) is 0 Å². The minimum absolute atomic E-state index is 0.0262. The number of carbonyl (C=O) groups excluding carboxylic acids is 3. The van der Waals surface area contributed by atoms with Crippen molar-refractivity contribution in [3.8, 4) is 34.1 Å². The first kappa shape index (κ1) is 40.3. The van der Waals surface area contributed by atoms with Crippen LogP contribution in [0.25, 0.3) is 17.2 Å². The molecule has 5 aromatic carbocycles. The van der Waals surface area contributed by atoms with Crippen LogP contribution >= 0.6 is 0 Å². The molecule has 0 aromatic heterocycles. The number of allylic oxidation sites excluding steroid dienone is 1. The molecule has 0 atom stereocenters. The zero-order chi connectivity index (χ0) is 39.5. The second-order valence-electron chi connectivity index (χ2n) is 13.7. The van der Waals surface area contributed by atoms with Crippen LogP contribution in [0, 0.1) is 0 Å². The Balaban J connectivity index is 0.766. The molecule has 0 saturated heterocycles. The van der Waals surface area contributed by atoms with Crippen molar-refractivity contribution in [1.82, 2.24) is 0 Å². The van der Waals surface area contributed by atoms with Gasteiger partial charge in [0.05, 0.1) is 18.9 Å². The molecule has 0 spiro atoms. The standard InChI is InChI=1S/C49H49NO7/c51-47(41-12-8-7-9-13-41)31-16-38-14-23-43(24-15-38)56-36-37-57-45-27-19-40(20-28-45)39-17-25-44(26-18-39)54-34-10-5-3-1-2-4-6-11-35-55-46-29-21-42(22-30-46)50-48(52)32-33-49(50)53/h7-9,12-33H,1-6,10-11,34-37H2/b31-16+. The van der Waals surface area contributed by atoms with E-state index in [4.69, 9.17) is 18.9 Å². The number of imide groups is 1. The Labute approximate surface area is 335 Å². The smallest absolute Gasteiger partial charge is 0.258 e. The molecule has 292 valence electrons. The summed E-state index contributed by atoms with van der Waals surface area (Å²) in [5, 5.41) is 0. The quantitative estimate of drug-likeness (QED) is 0.0283. The number of anilines is 1. The van der Waals surface area contributed by atoms with Crippen molar-refractivity contribution in [2.45, 2.75) is 51.4 Å². The molecule has 0 fully saturated rings. The number of ketones is 1. The number of nitrogens with zero attached hydrogens (tertiary/aromatic N) is 1. The largest absolute Gasteiger partial charge is 0.494 e. The lowest BCUT2D eigenvalue weighted by molar-refractivity contribution is -0.120. The zero-order valence-corrected chi connectivity index (χ0v) is 32.2. The van der Waals surface area contributed by atoms with Crippen molar-refractivity contribution in [3.05, 3.63) is 157 Å². The van der Waals surface area contributed by atoms with E-state index < -0.39 is 0 Å². The number of ether oxygens (including phenoxy) is 4. The maximum atomic E-state index is 12.3. The predicted molar refractivity (Wildman–Crippen MR) is 225 cm³/mol. The van der Waals surface area contributed by atoms with E-state index in [1.165, 1.54) is 37.8 Å². The van der Waals surface area contributed by atoms with E-state index in [1.807, 2.05) is 66.7 Å². The normalized spacial score (nSPS) is 12.3. The molecule has 57 heavy (non-hydrogen) atoms. The molecule has 1 aliphatic rings. The number of hydrogen-bond donors (Lipinski definition) is 0. The van der Waals surface area contributed by atoms with Gasteiger partial charge in [-0.2, -0.15) is 0 Å². The third kappa shape index (κ3) is 12.8. The van der Waals surface area contributed by atoms with E-state index in [2.05, 4.69) is 24.3 Å². The summed E-state index contributed by atoms with van der Waals surface area (Å²) >= 11 is 0. The van der Waals surface area contributed by atoms with E-state index >= 15 is 0 Å². The molecule has 5 aromatic rings. The lowest BCUT2D eigenvalue weighted by Gasteiger charge is -2.14. The Morgan fingerprint density at radius 1 is 0.456 bits per heavy atom. The van der Waals surface area contributed by atoms with Crippen LogP contribution in [-0.2, 0) is 9.59 Å². The highest BCUT2D eigenvalue weighted by atomic mass is 16.5. The third-order valence-electron chi connectivity index (χ3n) is 9.51. The Kier molecular flexibility index (Phi) is 15.3. The van der Waals surface area contributed by atoms with Crippen molar-refractivity contribution in [1.29, 1.82) is 0 Å².